The van der Waals surface area contributed by atoms with Gasteiger partial charge in [-0.1, -0.05) is 0 Å². The minimum Gasteiger partial charge on any atom is -0.385 e. The third-order valence-corrected chi connectivity index (χ3v) is 2.69. The van der Waals surface area contributed by atoms with Gasteiger partial charge in [0.15, 0.2) is 0 Å². The van der Waals surface area contributed by atoms with Gasteiger partial charge in [0.05, 0.1) is 6.04 Å². The number of carbonyl (C=O) groups excluding carboxylic acids is 2. The van der Waals surface area contributed by atoms with Gasteiger partial charge in [0.25, 0.3) is 5.91 Å². The van der Waals surface area contributed by atoms with Gasteiger partial charge in [0, 0.05) is 31.4 Å². The number of anilines is 1. The Kier molecular flexibility index (Phi) is 3.76. The summed E-state index contributed by atoms with van der Waals surface area (Å²) in [5.74, 6) is -0.286. The number of aromatic nitrogens is 1. The molecule has 6 nitrogen and oxygen atoms in total. The van der Waals surface area contributed by atoms with Gasteiger partial charge in [0.2, 0.25) is 5.91 Å². The topological polar surface area (TPSA) is 83.1 Å². The van der Waals surface area contributed by atoms with Crippen LogP contribution in [0, 0.1) is 0 Å². The fourth-order valence-electron chi connectivity index (χ4n) is 1.84. The maximum Gasteiger partial charge on any atom is 0.270 e. The molecule has 0 saturated carbocycles. The highest BCUT2D eigenvalue weighted by Gasteiger charge is 2.23. The Bertz CT molecular complexity index is 461. The number of pyridine rings is 1. The second-order valence-corrected chi connectivity index (χ2v) is 4.14. The summed E-state index contributed by atoms with van der Waals surface area (Å²) in [4.78, 5) is 27.0. The van der Waals surface area contributed by atoms with Crippen molar-refractivity contribution in [3.63, 3.8) is 0 Å². The van der Waals surface area contributed by atoms with Crippen LogP contribution in [0.1, 0.15) is 23.8 Å². The van der Waals surface area contributed by atoms with E-state index in [-0.39, 0.29) is 17.9 Å². The second-order valence-electron chi connectivity index (χ2n) is 4.14. The zero-order chi connectivity index (χ0) is 13.0. The van der Waals surface area contributed by atoms with E-state index in [2.05, 4.69) is 20.9 Å². The van der Waals surface area contributed by atoms with Crippen molar-refractivity contribution < 1.29 is 9.59 Å². The maximum atomic E-state index is 11.9. The Labute approximate surface area is 105 Å². The lowest BCUT2D eigenvalue weighted by atomic mass is 10.2. The maximum absolute atomic E-state index is 11.9. The quantitative estimate of drug-likeness (QED) is 0.707. The fourth-order valence-corrected chi connectivity index (χ4v) is 1.84. The van der Waals surface area contributed by atoms with Crippen LogP contribution in [-0.4, -0.2) is 35.9 Å². The average molecular weight is 248 g/mol. The van der Waals surface area contributed by atoms with Crippen molar-refractivity contribution in [2.75, 3.05) is 18.4 Å². The molecule has 3 N–H and O–H groups in total. The van der Waals surface area contributed by atoms with Crippen LogP contribution in [0.25, 0.3) is 0 Å². The van der Waals surface area contributed by atoms with Crippen molar-refractivity contribution in [2.24, 2.45) is 0 Å². The van der Waals surface area contributed by atoms with E-state index in [0.717, 1.165) is 12.2 Å². The molecule has 0 spiro atoms. The van der Waals surface area contributed by atoms with Crippen molar-refractivity contribution in [2.45, 2.75) is 19.4 Å². The zero-order valence-electron chi connectivity index (χ0n) is 10.2. The first kappa shape index (κ1) is 12.3. The highest BCUT2D eigenvalue weighted by atomic mass is 16.2. The van der Waals surface area contributed by atoms with Gasteiger partial charge in [-0.05, 0) is 19.1 Å². The van der Waals surface area contributed by atoms with Crippen molar-refractivity contribution >= 4 is 17.5 Å². The molecule has 96 valence electrons. The molecule has 1 aromatic heterocycles. The van der Waals surface area contributed by atoms with Crippen LogP contribution < -0.4 is 16.0 Å². The van der Waals surface area contributed by atoms with E-state index < -0.39 is 0 Å². The van der Waals surface area contributed by atoms with Crippen LogP contribution in [0.3, 0.4) is 0 Å². The lowest BCUT2D eigenvalue weighted by Gasteiger charge is -2.10. The summed E-state index contributed by atoms with van der Waals surface area (Å²) in [5.41, 5.74) is 1.21. The normalized spacial score (nSPS) is 18.3. The molecular formula is C12H16N4O2. The molecule has 18 heavy (non-hydrogen) atoms. The van der Waals surface area contributed by atoms with Gasteiger partial charge in [-0.15, -0.1) is 0 Å². The van der Waals surface area contributed by atoms with E-state index in [9.17, 15) is 9.59 Å². The SMILES string of the molecule is CCNc1ccnc(C(=O)NC2CNC(=O)C2)c1. The van der Waals surface area contributed by atoms with Crippen LogP contribution in [-0.2, 0) is 4.79 Å². The second kappa shape index (κ2) is 5.48. The molecular weight excluding hydrogens is 232 g/mol. The van der Waals surface area contributed by atoms with Gasteiger partial charge < -0.3 is 16.0 Å². The number of nitrogens with zero attached hydrogens (tertiary/aromatic N) is 1. The zero-order valence-corrected chi connectivity index (χ0v) is 10.2. The lowest BCUT2D eigenvalue weighted by molar-refractivity contribution is -0.119. The summed E-state index contributed by atoms with van der Waals surface area (Å²) in [5, 5.41) is 8.57. The minimum absolute atomic E-state index is 0.0327. The largest absolute Gasteiger partial charge is 0.385 e. The predicted molar refractivity (Wildman–Crippen MR) is 67.3 cm³/mol. The molecule has 1 aliphatic heterocycles. The summed E-state index contributed by atoms with van der Waals surface area (Å²) in [7, 11) is 0. The molecule has 1 fully saturated rings. The molecule has 1 aromatic rings. The number of hydrogen-bond acceptors (Lipinski definition) is 4. The first-order valence-corrected chi connectivity index (χ1v) is 5.96. The van der Waals surface area contributed by atoms with Crippen molar-refractivity contribution in [1.29, 1.82) is 0 Å². The molecule has 6 heteroatoms. The Morgan fingerprint density at radius 1 is 1.61 bits per heavy atom. The number of carbonyl (C=O) groups is 2. The van der Waals surface area contributed by atoms with Gasteiger partial charge >= 0.3 is 0 Å². The molecule has 1 saturated heterocycles. The highest BCUT2D eigenvalue weighted by molar-refractivity contribution is 5.94. The molecule has 0 aromatic carbocycles. The third-order valence-electron chi connectivity index (χ3n) is 2.69. The molecule has 0 radical (unpaired) electrons. The van der Waals surface area contributed by atoms with Crippen LogP contribution in [0.5, 0.6) is 0 Å². The van der Waals surface area contributed by atoms with E-state index in [1.807, 2.05) is 6.92 Å². The van der Waals surface area contributed by atoms with Crippen LogP contribution in [0.2, 0.25) is 0 Å². The Morgan fingerprint density at radius 3 is 3.11 bits per heavy atom. The van der Waals surface area contributed by atoms with Crippen LogP contribution >= 0.6 is 0 Å². The fraction of sp³-hybridized carbons (Fsp3) is 0.417. The Morgan fingerprint density at radius 2 is 2.44 bits per heavy atom. The van der Waals surface area contributed by atoms with E-state index in [4.69, 9.17) is 0 Å². The number of amides is 2. The van der Waals surface area contributed by atoms with Crippen LogP contribution in [0.4, 0.5) is 5.69 Å². The summed E-state index contributed by atoms with van der Waals surface area (Å²) >= 11 is 0. The van der Waals surface area contributed by atoms with Gasteiger partial charge in [-0.2, -0.15) is 0 Å². The monoisotopic (exact) mass is 248 g/mol. The first-order valence-electron chi connectivity index (χ1n) is 5.96. The number of nitrogens with one attached hydrogen (secondary N) is 3. The lowest BCUT2D eigenvalue weighted by Crippen LogP contribution is -2.36. The van der Waals surface area contributed by atoms with E-state index in [1.54, 1.807) is 18.3 Å². The highest BCUT2D eigenvalue weighted by Crippen LogP contribution is 2.08. The molecule has 1 aliphatic rings. The van der Waals surface area contributed by atoms with Gasteiger partial charge in [-0.25, -0.2) is 0 Å². The summed E-state index contributed by atoms with van der Waals surface area (Å²) in [6, 6.07) is 3.36. The van der Waals surface area contributed by atoms with Crippen molar-refractivity contribution in [3.05, 3.63) is 24.0 Å². The summed E-state index contributed by atoms with van der Waals surface area (Å²) < 4.78 is 0. The number of rotatable bonds is 4. The molecule has 0 bridgehead atoms. The first-order chi connectivity index (χ1) is 8.69. The van der Waals surface area contributed by atoms with Crippen LogP contribution in [0.15, 0.2) is 18.3 Å². The smallest absolute Gasteiger partial charge is 0.270 e. The molecule has 2 heterocycles. The predicted octanol–water partition coefficient (Wildman–Crippen LogP) is 0.132. The number of hydrogen-bond donors (Lipinski definition) is 3. The van der Waals surface area contributed by atoms with Gasteiger partial charge in [-0.3, -0.25) is 14.6 Å². The van der Waals surface area contributed by atoms with E-state index in [0.29, 0.717) is 18.7 Å². The van der Waals surface area contributed by atoms with Crippen molar-refractivity contribution in [3.8, 4) is 0 Å². The summed E-state index contributed by atoms with van der Waals surface area (Å²) in [6.45, 7) is 3.25. The third kappa shape index (κ3) is 2.97. The van der Waals surface area contributed by atoms with E-state index >= 15 is 0 Å². The summed E-state index contributed by atoms with van der Waals surface area (Å²) in [6.07, 6.45) is 1.92. The Hall–Kier alpha value is -2.11. The van der Waals surface area contributed by atoms with Crippen molar-refractivity contribution in [1.82, 2.24) is 15.6 Å². The Balaban J connectivity index is 1.99. The molecule has 2 rings (SSSR count). The molecule has 0 aliphatic carbocycles. The minimum atomic E-state index is -0.253. The van der Waals surface area contributed by atoms with E-state index in [1.165, 1.54) is 0 Å². The average Bonchev–Trinajstić information content (AvgIpc) is 2.75. The van der Waals surface area contributed by atoms with Gasteiger partial charge in [0.1, 0.15) is 5.69 Å². The molecule has 1 atom stereocenters. The molecule has 1 unspecified atom stereocenters. The molecule has 2 amide bonds. The standard InChI is InChI=1S/C12H16N4O2/c1-2-13-8-3-4-14-10(5-8)12(18)16-9-6-11(17)15-7-9/h3-5,9H,2,6-7H2,1H3,(H,13,14)(H,15,17)(H,16,18).